The van der Waals surface area contributed by atoms with Gasteiger partial charge in [-0.15, -0.1) is 0 Å². The molecule has 12 aromatic rings. The van der Waals surface area contributed by atoms with Gasteiger partial charge in [0.05, 0.1) is 22.1 Å². The summed E-state index contributed by atoms with van der Waals surface area (Å²) in [6, 6.07) is 83.8. The molecular weight excluding hydrogens is 801 g/mol. The zero-order valence-corrected chi connectivity index (χ0v) is 36.7. The number of para-hydroxylation sites is 1. The second-order valence-electron chi connectivity index (χ2n) is 18.1. The number of nitrogens with zero attached hydrogens (tertiary/aromatic N) is 2. The van der Waals surface area contributed by atoms with Gasteiger partial charge in [-0.25, -0.2) is 0 Å². The fraction of sp³-hybridized carbons (Fsp3) is 0.0476. The third-order valence-electron chi connectivity index (χ3n) is 14.0. The molecule has 13 rings (SSSR count). The van der Waals surface area contributed by atoms with Crippen LogP contribution in [0.5, 0.6) is 0 Å². The van der Waals surface area contributed by atoms with E-state index >= 15 is 0 Å². The topological polar surface area (TPSA) is 21.3 Å². The number of furan rings is 1. The van der Waals surface area contributed by atoms with Crippen LogP contribution in [-0.4, -0.2) is 4.57 Å². The normalized spacial score (nSPS) is 12.8. The van der Waals surface area contributed by atoms with Crippen LogP contribution < -0.4 is 4.90 Å². The lowest BCUT2D eigenvalue weighted by molar-refractivity contribution is 0.660. The average Bonchev–Trinajstić information content (AvgIpc) is 4.00. The fourth-order valence-corrected chi connectivity index (χ4v) is 10.8. The van der Waals surface area contributed by atoms with E-state index in [9.17, 15) is 0 Å². The number of fused-ring (bicyclic) bond motifs is 9. The van der Waals surface area contributed by atoms with E-state index in [1.807, 2.05) is 0 Å². The number of anilines is 3. The quantitative estimate of drug-likeness (QED) is 0.159. The lowest BCUT2D eigenvalue weighted by Gasteiger charge is -2.28. The number of hydrogen-bond donors (Lipinski definition) is 0. The van der Waals surface area contributed by atoms with E-state index in [0.717, 1.165) is 55.8 Å². The molecule has 0 fully saturated rings. The van der Waals surface area contributed by atoms with E-state index in [0.29, 0.717) is 0 Å². The number of rotatable bonds is 7. The average molecular weight is 845 g/mol. The zero-order chi connectivity index (χ0) is 43.9. The third-order valence-corrected chi connectivity index (χ3v) is 14.0. The summed E-state index contributed by atoms with van der Waals surface area (Å²) >= 11 is 0. The van der Waals surface area contributed by atoms with Crippen LogP contribution in [0.4, 0.5) is 17.1 Å². The van der Waals surface area contributed by atoms with Crippen molar-refractivity contribution in [3.05, 3.63) is 242 Å². The first-order chi connectivity index (χ1) is 32.5. The SMILES string of the molecule is CC1(C)c2ccccc2-c2cc(N(c3ccc(-c4ccccc4)cc3)c3cccc4oc5ccc(-c6ccc7c(c6)c6ccccc6n7-c6cccc(-c7ccccc7)c6)cc5c34)ccc21. The Morgan fingerprint density at radius 1 is 0.379 bits per heavy atom. The van der Waals surface area contributed by atoms with Gasteiger partial charge in [0.15, 0.2) is 0 Å². The molecule has 3 nitrogen and oxygen atoms in total. The van der Waals surface area contributed by atoms with E-state index < -0.39 is 0 Å². The van der Waals surface area contributed by atoms with E-state index in [1.54, 1.807) is 0 Å². The Bertz CT molecular complexity index is 3840. The van der Waals surface area contributed by atoms with Gasteiger partial charge in [-0.1, -0.05) is 166 Å². The van der Waals surface area contributed by atoms with E-state index in [2.05, 4.69) is 254 Å². The van der Waals surface area contributed by atoms with Crippen molar-refractivity contribution in [2.75, 3.05) is 4.90 Å². The van der Waals surface area contributed by atoms with Crippen molar-refractivity contribution >= 4 is 60.8 Å². The maximum atomic E-state index is 6.72. The first-order valence-electron chi connectivity index (χ1n) is 22.8. The zero-order valence-electron chi connectivity index (χ0n) is 36.7. The van der Waals surface area contributed by atoms with Crippen molar-refractivity contribution in [1.29, 1.82) is 0 Å². The van der Waals surface area contributed by atoms with Crippen molar-refractivity contribution in [2.45, 2.75) is 19.3 Å². The largest absolute Gasteiger partial charge is 0.456 e. The second-order valence-corrected chi connectivity index (χ2v) is 18.1. The van der Waals surface area contributed by atoms with E-state index in [4.69, 9.17) is 4.42 Å². The standard InChI is InChI=1S/C63H44N2O/c1-63(2)55-23-11-9-21-50(55)52-40-49(33-34-56(52)63)64(47-31-27-43(28-32-47)41-15-5-3-6-16-41)59-25-14-26-61-62(59)54-39-46(30-36-60(54)66-61)45-29-35-58-53(38-45)51-22-10-12-24-57(51)65(58)48-20-13-19-44(37-48)42-17-7-4-8-18-42/h3-40H,1-2H3. The number of hydrogen-bond acceptors (Lipinski definition) is 2. The molecule has 2 aromatic heterocycles. The molecule has 10 aromatic carbocycles. The van der Waals surface area contributed by atoms with Crippen LogP contribution in [0.15, 0.2) is 235 Å². The highest BCUT2D eigenvalue weighted by atomic mass is 16.3. The van der Waals surface area contributed by atoms with Gasteiger partial charge < -0.3 is 13.9 Å². The summed E-state index contributed by atoms with van der Waals surface area (Å²) in [6.07, 6.45) is 0. The maximum absolute atomic E-state index is 6.72. The minimum absolute atomic E-state index is 0.0881. The van der Waals surface area contributed by atoms with Crippen LogP contribution in [0.2, 0.25) is 0 Å². The van der Waals surface area contributed by atoms with E-state index in [-0.39, 0.29) is 5.41 Å². The van der Waals surface area contributed by atoms with Crippen LogP contribution in [0.25, 0.3) is 93.9 Å². The summed E-state index contributed by atoms with van der Waals surface area (Å²) in [5, 5.41) is 4.61. The predicted molar refractivity (Wildman–Crippen MR) is 277 cm³/mol. The molecule has 0 unspecified atom stereocenters. The van der Waals surface area contributed by atoms with Crippen molar-refractivity contribution < 1.29 is 4.42 Å². The Morgan fingerprint density at radius 2 is 0.970 bits per heavy atom. The first kappa shape index (κ1) is 38.1. The molecule has 1 aliphatic rings. The molecule has 3 heteroatoms. The monoisotopic (exact) mass is 844 g/mol. The predicted octanol–water partition coefficient (Wildman–Crippen LogP) is 17.5. The van der Waals surface area contributed by atoms with Crippen molar-refractivity contribution in [2.24, 2.45) is 0 Å². The highest BCUT2D eigenvalue weighted by Gasteiger charge is 2.35. The molecule has 312 valence electrons. The van der Waals surface area contributed by atoms with Crippen molar-refractivity contribution in [1.82, 2.24) is 4.57 Å². The molecule has 0 amide bonds. The van der Waals surface area contributed by atoms with Crippen molar-refractivity contribution in [3.8, 4) is 50.2 Å². The molecule has 0 radical (unpaired) electrons. The molecule has 2 heterocycles. The minimum atomic E-state index is -0.0881. The molecule has 0 aliphatic heterocycles. The van der Waals surface area contributed by atoms with Crippen LogP contribution in [-0.2, 0) is 5.41 Å². The van der Waals surface area contributed by atoms with Crippen LogP contribution in [0, 0.1) is 0 Å². The number of aromatic nitrogens is 1. The summed E-state index contributed by atoms with van der Waals surface area (Å²) in [5.74, 6) is 0. The van der Waals surface area contributed by atoms with Gasteiger partial charge >= 0.3 is 0 Å². The molecule has 0 saturated carbocycles. The first-order valence-corrected chi connectivity index (χ1v) is 22.8. The third kappa shape index (κ3) is 5.97. The Kier molecular flexibility index (Phi) is 8.56. The Morgan fingerprint density at radius 3 is 1.79 bits per heavy atom. The van der Waals surface area contributed by atoms with E-state index in [1.165, 1.54) is 66.3 Å². The van der Waals surface area contributed by atoms with Gasteiger partial charge in [-0.05, 0) is 134 Å². The van der Waals surface area contributed by atoms with Gasteiger partial charge in [0.1, 0.15) is 11.2 Å². The Balaban J connectivity index is 0.971. The Labute approximate surface area is 384 Å². The fourth-order valence-electron chi connectivity index (χ4n) is 10.8. The molecule has 1 aliphatic carbocycles. The molecule has 66 heavy (non-hydrogen) atoms. The molecule has 0 atom stereocenters. The summed E-state index contributed by atoms with van der Waals surface area (Å²) < 4.78 is 9.12. The van der Waals surface area contributed by atoms with Gasteiger partial charge in [-0.3, -0.25) is 0 Å². The summed E-state index contributed by atoms with van der Waals surface area (Å²) in [4.78, 5) is 2.42. The number of benzene rings is 10. The smallest absolute Gasteiger partial charge is 0.137 e. The summed E-state index contributed by atoms with van der Waals surface area (Å²) in [7, 11) is 0. The summed E-state index contributed by atoms with van der Waals surface area (Å²) in [5.41, 5.74) is 20.8. The second kappa shape index (κ2) is 14.8. The Hall–Kier alpha value is -8.40. The van der Waals surface area contributed by atoms with Crippen LogP contribution in [0.1, 0.15) is 25.0 Å². The molecule has 0 N–H and O–H groups in total. The minimum Gasteiger partial charge on any atom is -0.456 e. The van der Waals surface area contributed by atoms with Crippen LogP contribution in [0.3, 0.4) is 0 Å². The van der Waals surface area contributed by atoms with Crippen molar-refractivity contribution in [3.63, 3.8) is 0 Å². The molecule has 0 spiro atoms. The molecule has 0 bridgehead atoms. The maximum Gasteiger partial charge on any atom is 0.137 e. The lowest BCUT2D eigenvalue weighted by atomic mass is 9.82. The molecular formula is C63H44N2O. The molecule has 0 saturated heterocycles. The highest BCUT2D eigenvalue weighted by Crippen LogP contribution is 2.52. The van der Waals surface area contributed by atoms with Crippen LogP contribution >= 0.6 is 0 Å². The van der Waals surface area contributed by atoms with Gasteiger partial charge in [0.2, 0.25) is 0 Å². The van der Waals surface area contributed by atoms with Gasteiger partial charge in [0.25, 0.3) is 0 Å². The summed E-state index contributed by atoms with van der Waals surface area (Å²) in [6.45, 7) is 4.68. The van der Waals surface area contributed by atoms with Gasteiger partial charge in [0, 0.05) is 38.6 Å². The lowest BCUT2D eigenvalue weighted by Crippen LogP contribution is -2.15. The highest BCUT2D eigenvalue weighted by molar-refractivity contribution is 6.15. The van der Waals surface area contributed by atoms with Gasteiger partial charge in [-0.2, -0.15) is 0 Å².